The van der Waals surface area contributed by atoms with Crippen molar-refractivity contribution in [1.29, 1.82) is 0 Å². The second-order valence-electron chi connectivity index (χ2n) is 8.05. The summed E-state index contributed by atoms with van der Waals surface area (Å²) in [6.45, 7) is 4.31. The lowest BCUT2D eigenvalue weighted by molar-refractivity contribution is 0.0993. The van der Waals surface area contributed by atoms with Gasteiger partial charge in [0.25, 0.3) is 0 Å². The Labute approximate surface area is 186 Å². The van der Waals surface area contributed by atoms with Crippen LogP contribution in [0.2, 0.25) is 0 Å². The number of likely N-dealkylation sites (tertiary alicyclic amines) is 1. The SMILES string of the molecule is C/C=C(\C=NC)CN1CCC[C@H](n2nc(C(=O)N=O)c3c2-c2ccccc2S(=O)(=O)C3)C1. The molecule has 0 aliphatic carbocycles. The first-order valence-corrected chi connectivity index (χ1v) is 12.2. The van der Waals surface area contributed by atoms with Gasteiger partial charge in [-0.15, -0.1) is 4.91 Å². The molecule has 32 heavy (non-hydrogen) atoms. The van der Waals surface area contributed by atoms with Crippen LogP contribution in [-0.2, 0) is 15.6 Å². The molecule has 1 amide bonds. The summed E-state index contributed by atoms with van der Waals surface area (Å²) >= 11 is 0. The lowest BCUT2D eigenvalue weighted by Gasteiger charge is -2.34. The van der Waals surface area contributed by atoms with Crippen LogP contribution in [0.1, 0.15) is 41.9 Å². The number of carbonyl (C=O) groups is 1. The normalized spacial score (nSPS) is 20.7. The van der Waals surface area contributed by atoms with E-state index in [0.29, 0.717) is 17.8 Å². The maximum Gasteiger partial charge on any atom is 0.337 e. The van der Waals surface area contributed by atoms with Crippen molar-refractivity contribution in [2.45, 2.75) is 36.5 Å². The van der Waals surface area contributed by atoms with Gasteiger partial charge in [-0.2, -0.15) is 5.10 Å². The molecule has 9 nitrogen and oxygen atoms in total. The minimum absolute atomic E-state index is 0.0729. The molecule has 10 heteroatoms. The Morgan fingerprint density at radius 1 is 1.31 bits per heavy atom. The highest BCUT2D eigenvalue weighted by Gasteiger charge is 2.38. The van der Waals surface area contributed by atoms with Crippen molar-refractivity contribution in [2.75, 3.05) is 26.7 Å². The summed E-state index contributed by atoms with van der Waals surface area (Å²) in [7, 11) is -1.92. The molecule has 4 rings (SSSR count). The number of aromatic nitrogens is 2. The third-order valence-electron chi connectivity index (χ3n) is 6.00. The second kappa shape index (κ2) is 8.87. The molecule has 2 aliphatic heterocycles. The van der Waals surface area contributed by atoms with Gasteiger partial charge in [-0.05, 0) is 37.9 Å². The zero-order chi connectivity index (χ0) is 22.9. The predicted octanol–water partition coefficient (Wildman–Crippen LogP) is 3.03. The maximum atomic E-state index is 12.9. The smallest absolute Gasteiger partial charge is 0.297 e. The molecule has 3 heterocycles. The summed E-state index contributed by atoms with van der Waals surface area (Å²) in [4.78, 5) is 29.9. The Balaban J connectivity index is 1.79. The second-order valence-corrected chi connectivity index (χ2v) is 10.0. The van der Waals surface area contributed by atoms with Crippen LogP contribution in [0.4, 0.5) is 0 Å². The molecule has 2 aromatic rings. The number of carbonyl (C=O) groups excluding carboxylic acids is 1. The molecule has 1 atom stereocenters. The number of sulfone groups is 1. The van der Waals surface area contributed by atoms with Crippen LogP contribution in [0.5, 0.6) is 0 Å². The molecule has 2 aliphatic rings. The predicted molar refractivity (Wildman–Crippen MR) is 122 cm³/mol. The molecule has 0 unspecified atom stereocenters. The van der Waals surface area contributed by atoms with Gasteiger partial charge in [-0.25, -0.2) is 8.42 Å². The van der Waals surface area contributed by atoms with Crippen molar-refractivity contribution in [3.05, 3.63) is 52.1 Å². The Bertz CT molecular complexity index is 1230. The lowest BCUT2D eigenvalue weighted by Crippen LogP contribution is -2.38. The van der Waals surface area contributed by atoms with Gasteiger partial charge in [-0.3, -0.25) is 19.4 Å². The Morgan fingerprint density at radius 2 is 2.09 bits per heavy atom. The van der Waals surface area contributed by atoms with Gasteiger partial charge < -0.3 is 0 Å². The van der Waals surface area contributed by atoms with Crippen LogP contribution in [0.25, 0.3) is 11.3 Å². The first-order chi connectivity index (χ1) is 15.4. The largest absolute Gasteiger partial charge is 0.337 e. The highest BCUT2D eigenvalue weighted by atomic mass is 32.2. The molecule has 168 valence electrons. The van der Waals surface area contributed by atoms with Crippen LogP contribution >= 0.6 is 0 Å². The summed E-state index contributed by atoms with van der Waals surface area (Å²) < 4.78 is 27.5. The van der Waals surface area contributed by atoms with Crippen molar-refractivity contribution < 1.29 is 13.2 Å². The third kappa shape index (κ3) is 3.95. The van der Waals surface area contributed by atoms with E-state index in [2.05, 4.69) is 20.2 Å². The summed E-state index contributed by atoms with van der Waals surface area (Å²) in [5.74, 6) is -1.42. The van der Waals surface area contributed by atoms with E-state index in [1.807, 2.05) is 19.2 Å². The summed E-state index contributed by atoms with van der Waals surface area (Å²) in [6, 6.07) is 6.66. The van der Waals surface area contributed by atoms with Crippen molar-refractivity contribution >= 4 is 22.0 Å². The van der Waals surface area contributed by atoms with Crippen LogP contribution in [-0.4, -0.2) is 61.9 Å². The van der Waals surface area contributed by atoms with E-state index in [4.69, 9.17) is 0 Å². The lowest BCUT2D eigenvalue weighted by atomic mass is 10.0. The zero-order valence-electron chi connectivity index (χ0n) is 18.1. The number of nitrogens with zero attached hydrogens (tertiary/aromatic N) is 5. The van der Waals surface area contributed by atoms with E-state index >= 15 is 0 Å². The fraction of sp³-hybridized carbons (Fsp3) is 0.409. The first-order valence-electron chi connectivity index (χ1n) is 10.5. The van der Waals surface area contributed by atoms with Gasteiger partial charge in [0.05, 0.1) is 22.4 Å². The average molecular weight is 456 g/mol. The number of hydrogen-bond acceptors (Lipinski definition) is 7. The number of benzene rings is 1. The van der Waals surface area contributed by atoms with E-state index in [0.717, 1.165) is 31.5 Å². The summed E-state index contributed by atoms with van der Waals surface area (Å²) in [6.07, 6.45) is 5.62. The van der Waals surface area contributed by atoms with Gasteiger partial charge in [0.15, 0.2) is 15.5 Å². The number of rotatable bonds is 5. The molecule has 1 aromatic carbocycles. The summed E-state index contributed by atoms with van der Waals surface area (Å²) in [5, 5.41) is 6.98. The standard InChI is InChI=1S/C22H25N5O4S/c1-3-15(11-23-2)12-26-10-6-7-16(13-26)27-21-17-8-4-5-9-19(17)32(30,31)14-18(21)20(24-27)22(28)25-29/h3-5,8-9,11,16H,6-7,10,12-14H2,1-2H3/b15-3+,23-11?/t16-/m0/s1. The molecular weight excluding hydrogens is 430 g/mol. The van der Waals surface area contributed by atoms with Gasteiger partial charge in [0, 0.05) is 42.7 Å². The molecule has 1 fully saturated rings. The molecule has 1 saturated heterocycles. The molecule has 1 aromatic heterocycles. The third-order valence-corrected chi connectivity index (χ3v) is 7.70. The van der Waals surface area contributed by atoms with Crippen molar-refractivity contribution in [2.24, 2.45) is 10.2 Å². The van der Waals surface area contributed by atoms with Crippen molar-refractivity contribution in [3.8, 4) is 11.3 Å². The molecule has 0 N–H and O–H groups in total. The minimum Gasteiger partial charge on any atom is -0.297 e. The van der Waals surface area contributed by atoms with Crippen LogP contribution in [0.15, 0.2) is 51.0 Å². The minimum atomic E-state index is -3.66. The molecule has 0 radical (unpaired) electrons. The Hall–Kier alpha value is -2.98. The van der Waals surface area contributed by atoms with Crippen LogP contribution in [0, 0.1) is 4.91 Å². The Kier molecular flexibility index (Phi) is 6.16. The van der Waals surface area contributed by atoms with Crippen LogP contribution < -0.4 is 0 Å². The number of aliphatic imine (C=N–C) groups is 1. The number of allylic oxidation sites excluding steroid dienone is 1. The van der Waals surface area contributed by atoms with E-state index in [1.54, 1.807) is 36.0 Å². The molecule has 0 bridgehead atoms. The number of piperidine rings is 1. The van der Waals surface area contributed by atoms with Gasteiger partial charge >= 0.3 is 5.91 Å². The van der Waals surface area contributed by atoms with Crippen LogP contribution in [0.3, 0.4) is 0 Å². The number of fused-ring (bicyclic) bond motifs is 3. The summed E-state index contributed by atoms with van der Waals surface area (Å²) in [5.41, 5.74) is 2.30. The monoisotopic (exact) mass is 455 g/mol. The number of amides is 1. The quantitative estimate of drug-likeness (QED) is 0.506. The van der Waals surface area contributed by atoms with E-state index in [-0.39, 0.29) is 27.9 Å². The van der Waals surface area contributed by atoms with Gasteiger partial charge in [0.1, 0.15) is 0 Å². The van der Waals surface area contributed by atoms with Crippen molar-refractivity contribution in [3.63, 3.8) is 0 Å². The number of nitroso groups, excluding NO2 is 1. The highest BCUT2D eigenvalue weighted by Crippen LogP contribution is 2.41. The Morgan fingerprint density at radius 3 is 2.81 bits per heavy atom. The fourth-order valence-corrected chi connectivity index (χ4v) is 6.17. The van der Waals surface area contributed by atoms with Crippen molar-refractivity contribution in [1.82, 2.24) is 14.7 Å². The fourth-order valence-electron chi connectivity index (χ4n) is 4.58. The first kappa shape index (κ1) is 22.2. The molecule has 0 saturated carbocycles. The maximum absolute atomic E-state index is 12.9. The van der Waals surface area contributed by atoms with Gasteiger partial charge in [0.2, 0.25) is 0 Å². The topological polar surface area (TPSA) is 114 Å². The van der Waals surface area contributed by atoms with Gasteiger partial charge in [-0.1, -0.05) is 24.3 Å². The zero-order valence-corrected chi connectivity index (χ0v) is 18.9. The average Bonchev–Trinajstić information content (AvgIpc) is 3.17. The molecule has 0 spiro atoms. The van der Waals surface area contributed by atoms with E-state index in [9.17, 15) is 18.1 Å². The highest BCUT2D eigenvalue weighted by molar-refractivity contribution is 7.90. The van der Waals surface area contributed by atoms with E-state index in [1.165, 1.54) is 0 Å². The number of hydrogen-bond donors (Lipinski definition) is 0. The molecular formula is C22H25N5O4S. The van der Waals surface area contributed by atoms with E-state index < -0.39 is 15.7 Å².